The van der Waals surface area contributed by atoms with Crippen molar-refractivity contribution in [1.29, 1.82) is 0 Å². The molecule has 0 spiro atoms. The average molecular weight is 350 g/mol. The largest absolute Gasteiger partial charge is 0.379 e. The number of aromatic nitrogens is 2. The zero-order valence-electron chi connectivity index (χ0n) is 13.9. The molecule has 1 aromatic carbocycles. The zero-order valence-corrected chi connectivity index (χ0v) is 14.7. The maximum Gasteiger partial charge on any atom is 0.139 e. The highest BCUT2D eigenvalue weighted by Crippen LogP contribution is 2.31. The first-order valence-electron chi connectivity index (χ1n) is 8.89. The van der Waals surface area contributed by atoms with Crippen LogP contribution in [0.5, 0.6) is 0 Å². The lowest BCUT2D eigenvalue weighted by molar-refractivity contribution is 0.0368. The van der Waals surface area contributed by atoms with Gasteiger partial charge in [0, 0.05) is 37.8 Å². The molecule has 1 aromatic heterocycles. The quantitative estimate of drug-likeness (QED) is 0.830. The predicted molar refractivity (Wildman–Crippen MR) is 94.5 cm³/mol. The van der Waals surface area contributed by atoms with Crippen LogP contribution in [-0.2, 0) is 16.0 Å². The summed E-state index contributed by atoms with van der Waals surface area (Å²) in [5.74, 6) is 1.06. The molecule has 2 fully saturated rings. The molecule has 4 rings (SSSR count). The van der Waals surface area contributed by atoms with E-state index in [1.54, 1.807) is 0 Å². The fourth-order valence-corrected chi connectivity index (χ4v) is 3.83. The molecule has 2 aliphatic rings. The smallest absolute Gasteiger partial charge is 0.139 e. The number of fused-ring (bicyclic) bond motifs is 1. The molecule has 2 aliphatic heterocycles. The number of hydrogen-bond acceptors (Lipinski definition) is 4. The van der Waals surface area contributed by atoms with Gasteiger partial charge in [-0.3, -0.25) is 4.90 Å². The van der Waals surface area contributed by atoms with Crippen molar-refractivity contribution in [2.75, 3.05) is 39.5 Å². The molecule has 24 heavy (non-hydrogen) atoms. The van der Waals surface area contributed by atoms with Crippen LogP contribution < -0.4 is 0 Å². The fraction of sp³-hybridized carbons (Fsp3) is 0.611. The molecule has 2 aromatic rings. The highest BCUT2D eigenvalue weighted by molar-refractivity contribution is 6.31. The number of halogens is 1. The van der Waals surface area contributed by atoms with E-state index in [1.165, 1.54) is 0 Å². The van der Waals surface area contributed by atoms with Gasteiger partial charge in [-0.1, -0.05) is 11.6 Å². The van der Waals surface area contributed by atoms with Gasteiger partial charge in [-0.2, -0.15) is 0 Å². The summed E-state index contributed by atoms with van der Waals surface area (Å²) >= 11 is 6.15. The van der Waals surface area contributed by atoms with Crippen LogP contribution in [0, 0.1) is 0 Å². The number of imidazole rings is 1. The van der Waals surface area contributed by atoms with Gasteiger partial charge >= 0.3 is 0 Å². The van der Waals surface area contributed by atoms with Crippen LogP contribution in [0.15, 0.2) is 18.2 Å². The van der Waals surface area contributed by atoms with E-state index in [4.69, 9.17) is 26.1 Å². The second kappa shape index (κ2) is 7.40. The SMILES string of the molecule is Clc1ccc2c(c1)nc(C1CCCO1)n2CCCN1CCOCC1. The first kappa shape index (κ1) is 16.3. The van der Waals surface area contributed by atoms with E-state index >= 15 is 0 Å². The number of benzene rings is 1. The number of ether oxygens (including phenoxy) is 2. The Morgan fingerprint density at radius 2 is 2.04 bits per heavy atom. The molecule has 6 heteroatoms. The number of rotatable bonds is 5. The van der Waals surface area contributed by atoms with Crippen LogP contribution >= 0.6 is 11.6 Å². The van der Waals surface area contributed by atoms with Gasteiger partial charge in [0.25, 0.3) is 0 Å². The minimum absolute atomic E-state index is 0.125. The number of aryl methyl sites for hydroxylation is 1. The van der Waals surface area contributed by atoms with Gasteiger partial charge in [-0.15, -0.1) is 0 Å². The van der Waals surface area contributed by atoms with E-state index in [0.29, 0.717) is 0 Å². The van der Waals surface area contributed by atoms with Crippen molar-refractivity contribution in [1.82, 2.24) is 14.5 Å². The van der Waals surface area contributed by atoms with Crippen molar-refractivity contribution in [2.45, 2.75) is 31.9 Å². The minimum Gasteiger partial charge on any atom is -0.379 e. The Morgan fingerprint density at radius 3 is 2.83 bits per heavy atom. The lowest BCUT2D eigenvalue weighted by Gasteiger charge is -2.26. The highest BCUT2D eigenvalue weighted by Gasteiger charge is 2.24. The third kappa shape index (κ3) is 3.45. The second-order valence-electron chi connectivity index (χ2n) is 6.56. The molecule has 0 N–H and O–H groups in total. The van der Waals surface area contributed by atoms with Crippen LogP contribution in [0.1, 0.15) is 31.2 Å². The fourth-order valence-electron chi connectivity index (χ4n) is 3.66. The van der Waals surface area contributed by atoms with Gasteiger partial charge in [0.05, 0.1) is 24.2 Å². The summed E-state index contributed by atoms with van der Waals surface area (Å²) in [5.41, 5.74) is 2.13. The molecule has 0 bridgehead atoms. The molecule has 1 atom stereocenters. The summed E-state index contributed by atoms with van der Waals surface area (Å²) in [4.78, 5) is 7.32. The monoisotopic (exact) mass is 349 g/mol. The number of morpholine rings is 1. The van der Waals surface area contributed by atoms with Crippen LogP contribution in [0.25, 0.3) is 11.0 Å². The van der Waals surface area contributed by atoms with Gasteiger partial charge in [0.1, 0.15) is 11.9 Å². The molecule has 0 saturated carbocycles. The molecule has 1 unspecified atom stereocenters. The van der Waals surface area contributed by atoms with Gasteiger partial charge < -0.3 is 14.0 Å². The Labute approximate surface area is 147 Å². The molecule has 5 nitrogen and oxygen atoms in total. The van der Waals surface area contributed by atoms with Crippen molar-refractivity contribution in [2.24, 2.45) is 0 Å². The summed E-state index contributed by atoms with van der Waals surface area (Å²) in [6.07, 6.45) is 3.40. The topological polar surface area (TPSA) is 39.5 Å². The summed E-state index contributed by atoms with van der Waals surface area (Å²) in [7, 11) is 0. The van der Waals surface area contributed by atoms with Gasteiger partial charge in [0.15, 0.2) is 0 Å². The van der Waals surface area contributed by atoms with Crippen molar-refractivity contribution < 1.29 is 9.47 Å². The molecular formula is C18H24ClN3O2. The van der Waals surface area contributed by atoms with Crippen LogP contribution in [0.4, 0.5) is 0 Å². The van der Waals surface area contributed by atoms with E-state index in [0.717, 1.165) is 87.1 Å². The van der Waals surface area contributed by atoms with E-state index < -0.39 is 0 Å². The Hall–Kier alpha value is -1.14. The van der Waals surface area contributed by atoms with Crippen LogP contribution in [0.2, 0.25) is 5.02 Å². The van der Waals surface area contributed by atoms with Crippen molar-refractivity contribution in [3.63, 3.8) is 0 Å². The Kier molecular flexibility index (Phi) is 5.03. The first-order valence-corrected chi connectivity index (χ1v) is 9.26. The third-order valence-corrected chi connectivity index (χ3v) is 5.15. The number of nitrogens with zero attached hydrogens (tertiary/aromatic N) is 3. The van der Waals surface area contributed by atoms with Crippen molar-refractivity contribution in [3.8, 4) is 0 Å². The lowest BCUT2D eigenvalue weighted by Crippen LogP contribution is -2.37. The Balaban J connectivity index is 1.53. The molecule has 0 amide bonds. The standard InChI is InChI=1S/C18H24ClN3O2/c19-14-4-5-16-15(13-14)20-18(17-3-1-10-24-17)22(16)7-2-6-21-8-11-23-12-9-21/h4-5,13,17H,1-3,6-12H2. The van der Waals surface area contributed by atoms with Crippen molar-refractivity contribution >= 4 is 22.6 Å². The van der Waals surface area contributed by atoms with E-state index in [2.05, 4.69) is 15.5 Å². The molecule has 2 saturated heterocycles. The lowest BCUT2D eigenvalue weighted by atomic mass is 10.2. The Morgan fingerprint density at radius 1 is 1.17 bits per heavy atom. The van der Waals surface area contributed by atoms with Crippen molar-refractivity contribution in [3.05, 3.63) is 29.0 Å². The summed E-state index contributed by atoms with van der Waals surface area (Å²) in [6.45, 7) is 6.69. The maximum atomic E-state index is 6.15. The molecule has 130 valence electrons. The number of hydrogen-bond donors (Lipinski definition) is 0. The van der Waals surface area contributed by atoms with E-state index in [9.17, 15) is 0 Å². The maximum absolute atomic E-state index is 6.15. The van der Waals surface area contributed by atoms with Gasteiger partial charge in [-0.05, 0) is 37.5 Å². The van der Waals surface area contributed by atoms with Gasteiger partial charge in [-0.25, -0.2) is 4.98 Å². The molecule has 0 aliphatic carbocycles. The minimum atomic E-state index is 0.125. The molecule has 0 radical (unpaired) electrons. The highest BCUT2D eigenvalue weighted by atomic mass is 35.5. The average Bonchev–Trinajstić information content (AvgIpc) is 3.23. The summed E-state index contributed by atoms with van der Waals surface area (Å²) in [6, 6.07) is 5.98. The van der Waals surface area contributed by atoms with Crippen LogP contribution in [-0.4, -0.2) is 53.9 Å². The van der Waals surface area contributed by atoms with E-state index in [-0.39, 0.29) is 6.10 Å². The third-order valence-electron chi connectivity index (χ3n) is 4.92. The Bertz CT molecular complexity index is 691. The summed E-state index contributed by atoms with van der Waals surface area (Å²) < 4.78 is 13.6. The van der Waals surface area contributed by atoms with E-state index in [1.807, 2.05) is 12.1 Å². The second-order valence-corrected chi connectivity index (χ2v) is 7.00. The summed E-state index contributed by atoms with van der Waals surface area (Å²) in [5, 5.41) is 0.736. The normalized spacial score (nSPS) is 22.5. The molecule has 3 heterocycles. The molecular weight excluding hydrogens is 326 g/mol. The van der Waals surface area contributed by atoms with Crippen LogP contribution in [0.3, 0.4) is 0 Å². The van der Waals surface area contributed by atoms with Gasteiger partial charge in [0.2, 0.25) is 0 Å². The first-order chi connectivity index (χ1) is 11.8. The zero-order chi connectivity index (χ0) is 16.4. The predicted octanol–water partition coefficient (Wildman–Crippen LogP) is 3.26.